The van der Waals surface area contributed by atoms with Crippen molar-refractivity contribution >= 4 is 11.9 Å². The summed E-state index contributed by atoms with van der Waals surface area (Å²) >= 11 is 0. The number of ether oxygens (including phenoxy) is 1. The average molecular weight is 331 g/mol. The van der Waals surface area contributed by atoms with Crippen LogP contribution in [-0.2, 0) is 20.5 Å². The number of hydrogen-bond acceptors (Lipinski definition) is 3. The second-order valence-electron chi connectivity index (χ2n) is 5.33. The highest BCUT2D eigenvalue weighted by Crippen LogP contribution is 2.34. The third-order valence-corrected chi connectivity index (χ3v) is 3.55. The lowest BCUT2D eigenvalue weighted by atomic mass is 9.98. The van der Waals surface area contributed by atoms with Crippen LogP contribution >= 0.6 is 0 Å². The number of methoxy groups -OCH3 is 1. The quantitative estimate of drug-likeness (QED) is 0.812. The largest absolute Gasteiger partial charge is 0.467 e. The minimum atomic E-state index is -4.63. The molecule has 0 aliphatic carbocycles. The summed E-state index contributed by atoms with van der Waals surface area (Å²) in [5.41, 5.74) is -1.30. The molecule has 1 aromatic rings. The molecule has 23 heavy (non-hydrogen) atoms. The molecule has 1 aromatic carbocycles. The van der Waals surface area contributed by atoms with Gasteiger partial charge in [-0.05, 0) is 17.5 Å². The molecule has 0 aromatic heterocycles. The lowest BCUT2D eigenvalue weighted by Crippen LogP contribution is -2.36. The highest BCUT2D eigenvalue weighted by atomic mass is 19.4. The topological polar surface area (TPSA) is 55.4 Å². The molecule has 1 N–H and O–H groups in total. The summed E-state index contributed by atoms with van der Waals surface area (Å²) in [6.07, 6.45) is -3.77. The zero-order valence-corrected chi connectivity index (χ0v) is 13.2. The molecule has 4 nitrogen and oxygen atoms in total. The van der Waals surface area contributed by atoms with Crippen molar-refractivity contribution in [1.82, 2.24) is 5.32 Å². The summed E-state index contributed by atoms with van der Waals surface area (Å²) in [6.45, 7) is 3.74. The SMILES string of the molecule is CCC(C)CC(=O)NC(C(=O)OC)c1ccccc1C(F)(F)F. The monoisotopic (exact) mass is 331 g/mol. The van der Waals surface area contributed by atoms with Crippen molar-refractivity contribution < 1.29 is 27.5 Å². The zero-order valence-electron chi connectivity index (χ0n) is 13.2. The molecule has 0 bridgehead atoms. The van der Waals surface area contributed by atoms with Crippen molar-refractivity contribution in [3.05, 3.63) is 35.4 Å². The molecular weight excluding hydrogens is 311 g/mol. The van der Waals surface area contributed by atoms with Crippen LogP contribution in [0, 0.1) is 5.92 Å². The van der Waals surface area contributed by atoms with Crippen molar-refractivity contribution in [1.29, 1.82) is 0 Å². The normalized spacial score (nSPS) is 14.0. The van der Waals surface area contributed by atoms with Crippen LogP contribution in [0.2, 0.25) is 0 Å². The lowest BCUT2D eigenvalue weighted by molar-refractivity contribution is -0.147. The maximum atomic E-state index is 13.1. The van der Waals surface area contributed by atoms with E-state index in [2.05, 4.69) is 10.1 Å². The molecule has 0 aliphatic rings. The third kappa shape index (κ3) is 5.26. The fraction of sp³-hybridized carbons (Fsp3) is 0.500. The van der Waals surface area contributed by atoms with Crippen LogP contribution in [0.4, 0.5) is 13.2 Å². The van der Waals surface area contributed by atoms with Gasteiger partial charge in [0.25, 0.3) is 0 Å². The Balaban J connectivity index is 3.14. The maximum Gasteiger partial charge on any atom is 0.416 e. The van der Waals surface area contributed by atoms with E-state index in [9.17, 15) is 22.8 Å². The minimum Gasteiger partial charge on any atom is -0.467 e. The minimum absolute atomic E-state index is 0.0613. The predicted molar refractivity (Wildman–Crippen MR) is 78.4 cm³/mol. The Morgan fingerprint density at radius 1 is 1.26 bits per heavy atom. The number of benzene rings is 1. The second kappa shape index (κ2) is 7.99. The first-order chi connectivity index (χ1) is 10.7. The molecule has 0 fully saturated rings. The Hall–Kier alpha value is -2.05. The molecule has 1 amide bonds. The Kier molecular flexibility index (Phi) is 6.60. The lowest BCUT2D eigenvalue weighted by Gasteiger charge is -2.21. The summed E-state index contributed by atoms with van der Waals surface area (Å²) in [4.78, 5) is 23.9. The van der Waals surface area contributed by atoms with Gasteiger partial charge in [-0.2, -0.15) is 13.2 Å². The molecule has 0 saturated heterocycles. The van der Waals surface area contributed by atoms with Crippen LogP contribution in [0.5, 0.6) is 0 Å². The predicted octanol–water partition coefficient (Wildman–Crippen LogP) is 3.47. The van der Waals surface area contributed by atoms with Gasteiger partial charge in [-0.25, -0.2) is 4.79 Å². The maximum absolute atomic E-state index is 13.1. The van der Waals surface area contributed by atoms with Crippen molar-refractivity contribution in [2.75, 3.05) is 7.11 Å². The number of esters is 1. The van der Waals surface area contributed by atoms with Gasteiger partial charge in [0.05, 0.1) is 12.7 Å². The number of hydrogen-bond donors (Lipinski definition) is 1. The van der Waals surface area contributed by atoms with Crippen molar-refractivity contribution in [3.63, 3.8) is 0 Å². The molecule has 0 heterocycles. The van der Waals surface area contributed by atoms with E-state index < -0.39 is 29.7 Å². The number of amides is 1. The number of carbonyl (C=O) groups is 2. The number of rotatable bonds is 6. The van der Waals surface area contributed by atoms with Gasteiger partial charge in [-0.15, -0.1) is 0 Å². The standard InChI is InChI=1S/C16H20F3NO3/c1-4-10(2)9-13(21)20-14(15(22)23-3)11-7-5-6-8-12(11)16(17,18)19/h5-8,10,14H,4,9H2,1-3H3,(H,20,21). The van der Waals surface area contributed by atoms with Gasteiger partial charge in [0.15, 0.2) is 6.04 Å². The van der Waals surface area contributed by atoms with Gasteiger partial charge < -0.3 is 10.1 Å². The summed E-state index contributed by atoms with van der Waals surface area (Å²) in [6, 6.07) is 3.14. The van der Waals surface area contributed by atoms with E-state index in [1.165, 1.54) is 12.1 Å². The molecule has 128 valence electrons. The van der Waals surface area contributed by atoms with Crippen LogP contribution in [0.25, 0.3) is 0 Å². The van der Waals surface area contributed by atoms with Crippen molar-refractivity contribution in [3.8, 4) is 0 Å². The van der Waals surface area contributed by atoms with Gasteiger partial charge in [0, 0.05) is 6.42 Å². The van der Waals surface area contributed by atoms with Crippen LogP contribution in [0.3, 0.4) is 0 Å². The smallest absolute Gasteiger partial charge is 0.416 e. The highest BCUT2D eigenvalue weighted by molar-refractivity contribution is 5.85. The van der Waals surface area contributed by atoms with E-state index in [4.69, 9.17) is 0 Å². The zero-order chi connectivity index (χ0) is 17.6. The number of nitrogens with one attached hydrogen (secondary N) is 1. The number of carbonyl (C=O) groups excluding carboxylic acids is 2. The van der Waals surface area contributed by atoms with Gasteiger partial charge in [0.1, 0.15) is 0 Å². The molecule has 7 heteroatoms. The molecular formula is C16H20F3NO3. The summed E-state index contributed by atoms with van der Waals surface area (Å²) in [5.74, 6) is -1.38. The molecule has 2 unspecified atom stereocenters. The second-order valence-corrected chi connectivity index (χ2v) is 5.33. The van der Waals surface area contributed by atoms with Gasteiger partial charge in [-0.3, -0.25) is 4.79 Å². The summed E-state index contributed by atoms with van der Waals surface area (Å²) < 4.78 is 43.9. The van der Waals surface area contributed by atoms with Crippen LogP contribution in [0.15, 0.2) is 24.3 Å². The first-order valence-corrected chi connectivity index (χ1v) is 7.24. The molecule has 0 aliphatic heterocycles. The van der Waals surface area contributed by atoms with E-state index in [0.29, 0.717) is 0 Å². The molecule has 1 rings (SSSR count). The van der Waals surface area contributed by atoms with Gasteiger partial charge in [0.2, 0.25) is 5.91 Å². The van der Waals surface area contributed by atoms with Crippen LogP contribution < -0.4 is 5.32 Å². The van der Waals surface area contributed by atoms with Gasteiger partial charge >= 0.3 is 12.1 Å². The molecule has 0 saturated carbocycles. The van der Waals surface area contributed by atoms with Crippen LogP contribution in [0.1, 0.15) is 43.9 Å². The number of alkyl halides is 3. The first-order valence-electron chi connectivity index (χ1n) is 7.24. The first kappa shape index (κ1) is 19.0. The fourth-order valence-corrected chi connectivity index (χ4v) is 2.07. The Labute approximate surface area is 133 Å². The van der Waals surface area contributed by atoms with E-state index in [-0.39, 0.29) is 17.9 Å². The van der Waals surface area contributed by atoms with Crippen LogP contribution in [-0.4, -0.2) is 19.0 Å². The average Bonchev–Trinajstić information content (AvgIpc) is 2.50. The van der Waals surface area contributed by atoms with Crippen molar-refractivity contribution in [2.24, 2.45) is 5.92 Å². The third-order valence-electron chi connectivity index (χ3n) is 3.55. The van der Waals surface area contributed by atoms with E-state index in [0.717, 1.165) is 25.7 Å². The Bertz CT molecular complexity index is 558. The summed E-state index contributed by atoms with van der Waals surface area (Å²) in [7, 11) is 1.06. The van der Waals surface area contributed by atoms with E-state index in [1.807, 2.05) is 13.8 Å². The molecule has 2 atom stereocenters. The van der Waals surface area contributed by atoms with Crippen molar-refractivity contribution in [2.45, 2.75) is 38.9 Å². The molecule has 0 radical (unpaired) electrons. The van der Waals surface area contributed by atoms with E-state index >= 15 is 0 Å². The molecule has 0 spiro atoms. The Morgan fingerprint density at radius 3 is 2.39 bits per heavy atom. The van der Waals surface area contributed by atoms with Gasteiger partial charge in [-0.1, -0.05) is 38.5 Å². The highest BCUT2D eigenvalue weighted by Gasteiger charge is 2.37. The Morgan fingerprint density at radius 2 is 1.87 bits per heavy atom. The fourth-order valence-electron chi connectivity index (χ4n) is 2.07. The number of halogens is 3. The van der Waals surface area contributed by atoms with E-state index in [1.54, 1.807) is 0 Å². The summed E-state index contributed by atoms with van der Waals surface area (Å²) in [5, 5.41) is 2.35.